The van der Waals surface area contributed by atoms with Crippen LogP contribution in [0.4, 0.5) is 13.2 Å². The van der Waals surface area contributed by atoms with E-state index in [1.54, 1.807) is 31.2 Å². The van der Waals surface area contributed by atoms with Gasteiger partial charge >= 0.3 is 12.1 Å². The molecular formula is C26H28F3IO9S. The molecule has 5 atom stereocenters. The molecule has 1 heterocycles. The highest BCUT2D eigenvalue weighted by Crippen LogP contribution is 2.32. The zero-order chi connectivity index (χ0) is 29.5. The largest absolute Gasteiger partial charge is 0.461 e. The van der Waals surface area contributed by atoms with E-state index in [9.17, 15) is 31.5 Å². The summed E-state index contributed by atoms with van der Waals surface area (Å²) in [5.41, 5.74) is -1.17. The molecule has 2 aromatic rings. The maximum atomic E-state index is 13.1. The molecule has 0 spiro atoms. The van der Waals surface area contributed by atoms with Gasteiger partial charge in [0.25, 0.3) is 10.1 Å². The zero-order valence-electron chi connectivity index (χ0n) is 21.3. The van der Waals surface area contributed by atoms with Crippen molar-refractivity contribution in [1.29, 1.82) is 0 Å². The van der Waals surface area contributed by atoms with Crippen LogP contribution in [0, 0.1) is 3.57 Å². The molecule has 0 aliphatic carbocycles. The van der Waals surface area contributed by atoms with Crippen LogP contribution in [-0.4, -0.2) is 63.4 Å². The summed E-state index contributed by atoms with van der Waals surface area (Å²) in [4.78, 5) is 11.7. The van der Waals surface area contributed by atoms with E-state index in [1.165, 1.54) is 6.08 Å². The lowest BCUT2D eigenvalue weighted by Crippen LogP contribution is -2.62. The lowest BCUT2D eigenvalue weighted by molar-refractivity contribution is -0.287. The molecule has 0 aromatic heterocycles. The molecule has 1 N–H and O–H groups in total. The van der Waals surface area contributed by atoms with Gasteiger partial charge in [-0.1, -0.05) is 19.1 Å². The fourth-order valence-electron chi connectivity index (χ4n) is 3.73. The van der Waals surface area contributed by atoms with E-state index in [1.807, 2.05) is 0 Å². The highest BCUT2D eigenvalue weighted by Gasteiger charge is 2.50. The predicted molar refractivity (Wildman–Crippen MR) is 144 cm³/mol. The van der Waals surface area contributed by atoms with Gasteiger partial charge in [-0.2, -0.15) is 21.6 Å². The monoisotopic (exact) mass is 700 g/mol. The SMILES string of the molecule is C=CCO[C@H]1[C@H](O)[C@H](COS(=O)(=O)c2cccc(C(F)(F)F)c2)O[C@@H](Oc2ccc(I)cc2)[C@H]1OC(=O)CCC. The number of aliphatic hydroxyl groups excluding tert-OH is 1. The molecule has 0 radical (unpaired) electrons. The Balaban J connectivity index is 1.88. The number of rotatable bonds is 12. The van der Waals surface area contributed by atoms with Gasteiger partial charge in [0.05, 0.1) is 23.7 Å². The molecule has 2 aromatic carbocycles. The summed E-state index contributed by atoms with van der Waals surface area (Å²) in [5.74, 6) is -0.286. The van der Waals surface area contributed by atoms with Crippen molar-refractivity contribution in [2.75, 3.05) is 13.2 Å². The summed E-state index contributed by atoms with van der Waals surface area (Å²) < 4.78 is 93.6. The molecule has 0 saturated carbocycles. The van der Waals surface area contributed by atoms with E-state index in [0.717, 1.165) is 21.8 Å². The van der Waals surface area contributed by atoms with Crippen LogP contribution in [0.3, 0.4) is 0 Å². The van der Waals surface area contributed by atoms with Crippen molar-refractivity contribution in [2.45, 2.75) is 61.5 Å². The molecule has 0 amide bonds. The lowest BCUT2D eigenvalue weighted by Gasteiger charge is -2.43. The summed E-state index contributed by atoms with van der Waals surface area (Å²) in [6.45, 7) is 4.46. The van der Waals surface area contributed by atoms with Crippen LogP contribution >= 0.6 is 22.6 Å². The summed E-state index contributed by atoms with van der Waals surface area (Å²) >= 11 is 2.10. The van der Waals surface area contributed by atoms with Crippen molar-refractivity contribution in [3.63, 3.8) is 0 Å². The van der Waals surface area contributed by atoms with Gasteiger partial charge in [-0.15, -0.1) is 6.58 Å². The molecule has 220 valence electrons. The van der Waals surface area contributed by atoms with Crippen molar-refractivity contribution < 1.29 is 54.6 Å². The normalized spacial score (nSPS) is 23.4. The number of alkyl halides is 3. The molecule has 14 heteroatoms. The fraction of sp³-hybridized carbons (Fsp3) is 0.423. The van der Waals surface area contributed by atoms with Gasteiger partial charge in [0.15, 0.2) is 6.10 Å². The summed E-state index contributed by atoms with van der Waals surface area (Å²) in [6, 6.07) is 9.80. The second-order valence-electron chi connectivity index (χ2n) is 8.66. The Labute approximate surface area is 243 Å². The molecule has 40 heavy (non-hydrogen) atoms. The highest BCUT2D eigenvalue weighted by atomic mass is 127. The molecule has 1 aliphatic heterocycles. The standard InChI is InChI=1S/C26H28F3IO9S/c1-3-6-21(31)39-24-23(35-13-4-2)22(32)20(38-25(24)37-18-11-9-17(30)10-12-18)15-36-40(33,34)19-8-5-7-16(14-19)26(27,28)29/h4-5,7-12,14,20,22-25,32H,2-3,6,13,15H2,1H3/t20-,22+,23-,24-,25+/m0/s1. The number of benzene rings is 2. The maximum Gasteiger partial charge on any atom is 0.416 e. The molecular weight excluding hydrogens is 672 g/mol. The van der Waals surface area contributed by atoms with E-state index in [-0.39, 0.29) is 13.0 Å². The number of hydrogen-bond donors (Lipinski definition) is 1. The van der Waals surface area contributed by atoms with Crippen LogP contribution in [-0.2, 0) is 39.5 Å². The minimum absolute atomic E-state index is 0.0683. The van der Waals surface area contributed by atoms with Crippen molar-refractivity contribution in [3.05, 3.63) is 70.3 Å². The first-order valence-corrected chi connectivity index (χ1v) is 14.6. The Bertz CT molecular complexity index is 1250. The first kappa shape index (κ1) is 32.3. The second-order valence-corrected chi connectivity index (χ2v) is 11.5. The van der Waals surface area contributed by atoms with Gasteiger partial charge in [0.1, 0.15) is 24.1 Å². The van der Waals surface area contributed by atoms with E-state index < -0.39 is 70.0 Å². The minimum Gasteiger partial charge on any atom is -0.461 e. The summed E-state index contributed by atoms with van der Waals surface area (Å²) in [5, 5.41) is 11.1. The van der Waals surface area contributed by atoms with Crippen molar-refractivity contribution in [2.24, 2.45) is 0 Å². The Kier molecular flexibility index (Phi) is 11.4. The Morgan fingerprint density at radius 1 is 1.18 bits per heavy atom. The van der Waals surface area contributed by atoms with Gasteiger partial charge in [0.2, 0.25) is 6.29 Å². The smallest absolute Gasteiger partial charge is 0.416 e. The fourth-order valence-corrected chi connectivity index (χ4v) is 5.06. The second kappa shape index (κ2) is 14.1. The number of esters is 1. The first-order chi connectivity index (χ1) is 18.9. The Morgan fingerprint density at radius 3 is 2.50 bits per heavy atom. The predicted octanol–water partition coefficient (Wildman–Crippen LogP) is 4.46. The van der Waals surface area contributed by atoms with Crippen LogP contribution in [0.2, 0.25) is 0 Å². The number of halogens is 4. The molecule has 0 unspecified atom stereocenters. The van der Waals surface area contributed by atoms with Crippen molar-refractivity contribution >= 4 is 38.7 Å². The van der Waals surface area contributed by atoms with Gasteiger partial charge in [-0.05, 0) is 71.5 Å². The number of ether oxygens (including phenoxy) is 4. The maximum absolute atomic E-state index is 13.1. The van der Waals surface area contributed by atoms with Crippen LogP contribution in [0.5, 0.6) is 5.75 Å². The Hall–Kier alpha value is -2.24. The zero-order valence-corrected chi connectivity index (χ0v) is 24.2. The third kappa shape index (κ3) is 8.63. The highest BCUT2D eigenvalue weighted by molar-refractivity contribution is 14.1. The van der Waals surface area contributed by atoms with Crippen molar-refractivity contribution in [3.8, 4) is 5.75 Å². The van der Waals surface area contributed by atoms with Crippen LogP contribution < -0.4 is 4.74 Å². The van der Waals surface area contributed by atoms with E-state index in [2.05, 4.69) is 29.2 Å². The number of carbonyl (C=O) groups is 1. The van der Waals surface area contributed by atoms with Crippen molar-refractivity contribution in [1.82, 2.24) is 0 Å². The van der Waals surface area contributed by atoms with E-state index in [0.29, 0.717) is 18.2 Å². The van der Waals surface area contributed by atoms with Crippen LogP contribution in [0.1, 0.15) is 25.3 Å². The van der Waals surface area contributed by atoms with Gasteiger partial charge in [0, 0.05) is 9.99 Å². The molecule has 1 fully saturated rings. The first-order valence-electron chi connectivity index (χ1n) is 12.1. The number of carbonyl (C=O) groups excluding carboxylic acids is 1. The van der Waals surface area contributed by atoms with E-state index in [4.69, 9.17) is 23.1 Å². The molecule has 1 saturated heterocycles. The molecule has 0 bridgehead atoms. The Morgan fingerprint density at radius 2 is 1.88 bits per heavy atom. The van der Waals surface area contributed by atoms with Gasteiger partial charge in [-0.25, -0.2) is 0 Å². The average molecular weight is 700 g/mol. The average Bonchev–Trinajstić information content (AvgIpc) is 2.90. The molecule has 3 rings (SSSR count). The number of aliphatic hydroxyl groups is 1. The van der Waals surface area contributed by atoms with Crippen LogP contribution in [0.25, 0.3) is 0 Å². The van der Waals surface area contributed by atoms with Crippen LogP contribution in [0.15, 0.2) is 66.1 Å². The van der Waals surface area contributed by atoms with Gasteiger partial charge in [-0.3, -0.25) is 8.98 Å². The molecule has 9 nitrogen and oxygen atoms in total. The third-order valence-corrected chi connectivity index (χ3v) is 7.65. The van der Waals surface area contributed by atoms with E-state index >= 15 is 0 Å². The molecule has 1 aliphatic rings. The third-order valence-electron chi connectivity index (χ3n) is 5.65. The minimum atomic E-state index is -4.77. The number of hydrogen-bond acceptors (Lipinski definition) is 9. The summed E-state index contributed by atoms with van der Waals surface area (Å²) in [6.07, 6.45) is -9.73. The quantitative estimate of drug-likeness (QED) is 0.148. The lowest BCUT2D eigenvalue weighted by atomic mass is 9.98. The van der Waals surface area contributed by atoms with Gasteiger partial charge < -0.3 is 24.1 Å². The summed E-state index contributed by atoms with van der Waals surface area (Å²) in [7, 11) is -4.70. The topological polar surface area (TPSA) is 118 Å².